The summed E-state index contributed by atoms with van der Waals surface area (Å²) >= 11 is 3.83. The fourth-order valence-corrected chi connectivity index (χ4v) is 9.41. The van der Waals surface area contributed by atoms with Crippen molar-refractivity contribution in [3.05, 3.63) is 10.6 Å². The molecule has 4 aliphatic rings. The maximum Gasteiger partial charge on any atom is -0.00860 e. The van der Waals surface area contributed by atoms with Gasteiger partial charge in [0.15, 0.2) is 0 Å². The number of halogens is 1. The minimum atomic E-state index is 0.586. The predicted octanol–water partition coefficient (Wildman–Crippen LogP) is 9.00. The van der Waals surface area contributed by atoms with Gasteiger partial charge in [-0.05, 0) is 108 Å². The van der Waals surface area contributed by atoms with Crippen LogP contribution < -0.4 is 0 Å². The van der Waals surface area contributed by atoms with E-state index in [9.17, 15) is 0 Å². The Balaban J connectivity index is 1.48. The Hall–Kier alpha value is 0.220. The Morgan fingerprint density at radius 2 is 1.71 bits per heavy atom. The van der Waals surface area contributed by atoms with Crippen LogP contribution in [0.15, 0.2) is 10.6 Å². The highest BCUT2D eigenvalue weighted by Crippen LogP contribution is 2.68. The van der Waals surface area contributed by atoms with Gasteiger partial charge in [0.2, 0.25) is 0 Å². The first-order valence-corrected chi connectivity index (χ1v) is 13.4. The van der Waals surface area contributed by atoms with E-state index in [2.05, 4.69) is 56.6 Å². The third kappa shape index (κ3) is 3.58. The summed E-state index contributed by atoms with van der Waals surface area (Å²) in [4.78, 5) is 0. The molecule has 0 spiro atoms. The molecule has 0 aliphatic heterocycles. The number of rotatable bonds is 5. The van der Waals surface area contributed by atoms with Crippen LogP contribution in [0.2, 0.25) is 0 Å². The van der Waals surface area contributed by atoms with Crippen LogP contribution in [0.5, 0.6) is 0 Å². The molecule has 0 heterocycles. The van der Waals surface area contributed by atoms with Crippen molar-refractivity contribution in [1.29, 1.82) is 0 Å². The van der Waals surface area contributed by atoms with E-state index in [-0.39, 0.29) is 0 Å². The Kier molecular flexibility index (Phi) is 6.17. The number of hydrogen-bond donors (Lipinski definition) is 0. The molecule has 4 aliphatic carbocycles. The Morgan fingerprint density at radius 1 is 0.964 bits per heavy atom. The van der Waals surface area contributed by atoms with Crippen LogP contribution in [0.1, 0.15) is 105 Å². The lowest BCUT2D eigenvalue weighted by molar-refractivity contribution is -0.101. The molecule has 8 atom stereocenters. The lowest BCUT2D eigenvalue weighted by atomic mass is 9.45. The highest BCUT2D eigenvalue weighted by Gasteiger charge is 2.60. The van der Waals surface area contributed by atoms with Gasteiger partial charge in [-0.2, -0.15) is 0 Å². The molecule has 0 nitrogen and oxygen atoms in total. The van der Waals surface area contributed by atoms with Gasteiger partial charge in [-0.15, -0.1) is 0 Å². The smallest absolute Gasteiger partial charge is 0.00860 e. The highest BCUT2D eigenvalue weighted by atomic mass is 79.9. The van der Waals surface area contributed by atoms with Crippen molar-refractivity contribution in [3.8, 4) is 0 Å². The van der Waals surface area contributed by atoms with Gasteiger partial charge in [-0.3, -0.25) is 0 Å². The summed E-state index contributed by atoms with van der Waals surface area (Å²) in [5, 5.41) is 0. The molecule has 28 heavy (non-hydrogen) atoms. The molecule has 3 saturated carbocycles. The summed E-state index contributed by atoms with van der Waals surface area (Å²) in [6.07, 6.45) is 18.6. The highest BCUT2D eigenvalue weighted by molar-refractivity contribution is 9.11. The molecule has 0 radical (unpaired) electrons. The summed E-state index contributed by atoms with van der Waals surface area (Å²) < 4.78 is 1.49. The molecule has 0 aromatic heterocycles. The molecule has 0 aromatic carbocycles. The normalized spacial score (nSPS) is 46.5. The zero-order valence-electron chi connectivity index (χ0n) is 19.3. The zero-order valence-corrected chi connectivity index (χ0v) is 20.9. The third-order valence-corrected chi connectivity index (χ3v) is 11.1. The molecule has 160 valence electrons. The second kappa shape index (κ2) is 8.05. The van der Waals surface area contributed by atoms with Crippen LogP contribution in [0.25, 0.3) is 0 Å². The first-order valence-electron chi connectivity index (χ1n) is 12.6. The monoisotopic (exact) mass is 448 g/mol. The van der Waals surface area contributed by atoms with Crippen LogP contribution in [-0.2, 0) is 0 Å². The summed E-state index contributed by atoms with van der Waals surface area (Å²) in [6.45, 7) is 12.8. The molecule has 0 unspecified atom stereocenters. The molecule has 0 amide bonds. The standard InChI is InChI=1S/C27H45Br/c1-18(2)7-6-8-19(3)23-11-12-24-22-10-9-20-17-21(28)13-15-26(20,4)25(22)14-16-27(23,24)5/h13,18-20,22-25H,6-12,14-17H2,1-5H3/t19-,20+,22+,23-,24+,25+,26+,27-/m1/s1. The quantitative estimate of drug-likeness (QED) is 0.393. The number of fused-ring (bicyclic) bond motifs is 5. The van der Waals surface area contributed by atoms with Crippen molar-refractivity contribution >= 4 is 15.9 Å². The first-order chi connectivity index (χ1) is 13.3. The molecule has 0 N–H and O–H groups in total. The summed E-state index contributed by atoms with van der Waals surface area (Å²) in [6, 6.07) is 0. The Morgan fingerprint density at radius 3 is 2.46 bits per heavy atom. The Labute approximate surface area is 183 Å². The molecule has 0 aromatic rings. The second-order valence-electron chi connectivity index (χ2n) is 12.2. The van der Waals surface area contributed by atoms with Gasteiger partial charge in [-0.1, -0.05) is 75.9 Å². The lowest BCUT2D eigenvalue weighted by Gasteiger charge is -2.60. The fraction of sp³-hybridized carbons (Fsp3) is 0.926. The van der Waals surface area contributed by atoms with E-state index in [1.165, 1.54) is 75.1 Å². The topological polar surface area (TPSA) is 0 Å². The molecule has 4 rings (SSSR count). The van der Waals surface area contributed by atoms with Gasteiger partial charge in [0.05, 0.1) is 0 Å². The van der Waals surface area contributed by atoms with E-state index in [0.717, 1.165) is 41.4 Å². The average molecular weight is 450 g/mol. The summed E-state index contributed by atoms with van der Waals surface area (Å²) in [5.74, 6) is 6.78. The Bertz CT molecular complexity index is 591. The number of hydrogen-bond acceptors (Lipinski definition) is 0. The molecule has 3 fully saturated rings. The molecule has 0 saturated heterocycles. The maximum absolute atomic E-state index is 3.83. The lowest BCUT2D eigenvalue weighted by Crippen LogP contribution is -2.52. The molecule has 1 heteroatoms. The maximum atomic E-state index is 3.83. The molecular weight excluding hydrogens is 404 g/mol. The predicted molar refractivity (Wildman–Crippen MR) is 125 cm³/mol. The fourth-order valence-electron chi connectivity index (χ4n) is 8.86. The van der Waals surface area contributed by atoms with Crippen LogP contribution in [0.3, 0.4) is 0 Å². The van der Waals surface area contributed by atoms with Crippen molar-refractivity contribution in [2.24, 2.45) is 52.3 Å². The molecule has 0 bridgehead atoms. The van der Waals surface area contributed by atoms with Gasteiger partial charge < -0.3 is 0 Å². The van der Waals surface area contributed by atoms with Crippen molar-refractivity contribution in [1.82, 2.24) is 0 Å². The van der Waals surface area contributed by atoms with Crippen LogP contribution >= 0.6 is 15.9 Å². The van der Waals surface area contributed by atoms with E-state index in [1.54, 1.807) is 0 Å². The van der Waals surface area contributed by atoms with Crippen molar-refractivity contribution in [2.45, 2.75) is 105 Å². The van der Waals surface area contributed by atoms with Gasteiger partial charge in [0.25, 0.3) is 0 Å². The zero-order chi connectivity index (χ0) is 20.1. The van der Waals surface area contributed by atoms with Crippen molar-refractivity contribution < 1.29 is 0 Å². The minimum absolute atomic E-state index is 0.586. The van der Waals surface area contributed by atoms with Crippen LogP contribution in [-0.4, -0.2) is 0 Å². The van der Waals surface area contributed by atoms with Crippen LogP contribution in [0.4, 0.5) is 0 Å². The molecular formula is C27H45Br. The largest absolute Gasteiger partial charge is 0.0738 e. The third-order valence-electron chi connectivity index (χ3n) is 10.5. The van der Waals surface area contributed by atoms with Gasteiger partial charge in [0.1, 0.15) is 0 Å². The van der Waals surface area contributed by atoms with Crippen LogP contribution in [0, 0.1) is 52.3 Å². The van der Waals surface area contributed by atoms with Gasteiger partial charge in [0, 0.05) is 0 Å². The minimum Gasteiger partial charge on any atom is -0.0738 e. The van der Waals surface area contributed by atoms with Gasteiger partial charge in [-0.25, -0.2) is 0 Å². The van der Waals surface area contributed by atoms with Gasteiger partial charge >= 0.3 is 0 Å². The van der Waals surface area contributed by atoms with E-state index in [1.807, 2.05) is 0 Å². The van der Waals surface area contributed by atoms with E-state index < -0.39 is 0 Å². The van der Waals surface area contributed by atoms with E-state index in [0.29, 0.717) is 10.8 Å². The van der Waals surface area contributed by atoms with Crippen molar-refractivity contribution in [3.63, 3.8) is 0 Å². The van der Waals surface area contributed by atoms with Crippen molar-refractivity contribution in [2.75, 3.05) is 0 Å². The summed E-state index contributed by atoms with van der Waals surface area (Å²) in [5.41, 5.74) is 1.23. The first kappa shape index (κ1) is 21.5. The number of allylic oxidation sites excluding steroid dienone is 2. The average Bonchev–Trinajstić information content (AvgIpc) is 2.99. The summed E-state index contributed by atoms with van der Waals surface area (Å²) in [7, 11) is 0. The SMILES string of the molecule is CC(C)CCC[C@@H](C)[C@H]1CC[C@H]2[C@@H]3CC[C@H]4CC(Br)=CC[C@]4(C)[C@H]3CC[C@]12C. The van der Waals surface area contributed by atoms with E-state index in [4.69, 9.17) is 0 Å². The van der Waals surface area contributed by atoms with E-state index >= 15 is 0 Å². The second-order valence-corrected chi connectivity index (χ2v) is 13.3.